The normalized spacial score (nSPS) is 11.3. The zero-order valence-corrected chi connectivity index (χ0v) is 10.1. The Hall–Kier alpha value is -0.800. The minimum Gasteiger partial charge on any atom is -0.464 e. The second kappa shape index (κ2) is 5.93. The standard InChI is InChI=1S/C12H21NO2/c1-9(2)7-14-8-12-5-11(6-13-4)10(3)15-12/h5,9,13H,6-8H2,1-4H3. The largest absolute Gasteiger partial charge is 0.464 e. The molecule has 0 atom stereocenters. The molecule has 3 nitrogen and oxygen atoms in total. The molecule has 0 amide bonds. The van der Waals surface area contributed by atoms with Crippen LogP contribution in [-0.4, -0.2) is 13.7 Å². The van der Waals surface area contributed by atoms with Crippen LogP contribution in [0.15, 0.2) is 10.5 Å². The maximum absolute atomic E-state index is 5.58. The Labute approximate surface area is 91.8 Å². The van der Waals surface area contributed by atoms with E-state index in [4.69, 9.17) is 9.15 Å². The van der Waals surface area contributed by atoms with Crippen molar-refractivity contribution in [3.63, 3.8) is 0 Å². The van der Waals surface area contributed by atoms with Gasteiger partial charge in [-0.05, 0) is 26.0 Å². The van der Waals surface area contributed by atoms with Gasteiger partial charge in [-0.3, -0.25) is 0 Å². The Balaban J connectivity index is 2.44. The molecule has 1 aromatic rings. The van der Waals surface area contributed by atoms with E-state index in [1.165, 1.54) is 5.56 Å². The topological polar surface area (TPSA) is 34.4 Å². The van der Waals surface area contributed by atoms with Crippen molar-refractivity contribution in [2.45, 2.75) is 33.9 Å². The second-order valence-electron chi connectivity index (χ2n) is 4.23. The van der Waals surface area contributed by atoms with Crippen molar-refractivity contribution >= 4 is 0 Å². The number of aryl methyl sites for hydroxylation is 1. The summed E-state index contributed by atoms with van der Waals surface area (Å²) in [5.74, 6) is 2.46. The van der Waals surface area contributed by atoms with Crippen LogP contribution in [-0.2, 0) is 17.9 Å². The summed E-state index contributed by atoms with van der Waals surface area (Å²) in [4.78, 5) is 0. The molecule has 0 aliphatic heterocycles. The van der Waals surface area contributed by atoms with Crippen LogP contribution in [0.2, 0.25) is 0 Å². The Bertz CT molecular complexity index is 292. The summed E-state index contributed by atoms with van der Waals surface area (Å²) in [6, 6.07) is 2.06. The molecule has 0 radical (unpaired) electrons. The van der Waals surface area contributed by atoms with E-state index in [0.717, 1.165) is 24.7 Å². The molecular weight excluding hydrogens is 190 g/mol. The van der Waals surface area contributed by atoms with Crippen molar-refractivity contribution in [3.05, 3.63) is 23.2 Å². The first-order valence-electron chi connectivity index (χ1n) is 5.44. The highest BCUT2D eigenvalue weighted by Crippen LogP contribution is 2.15. The summed E-state index contributed by atoms with van der Waals surface area (Å²) >= 11 is 0. The number of hydrogen-bond donors (Lipinski definition) is 1. The molecule has 0 saturated carbocycles. The second-order valence-corrected chi connectivity index (χ2v) is 4.23. The summed E-state index contributed by atoms with van der Waals surface area (Å²) < 4.78 is 11.1. The number of hydrogen-bond acceptors (Lipinski definition) is 3. The lowest BCUT2D eigenvalue weighted by molar-refractivity contribution is 0.0841. The van der Waals surface area contributed by atoms with Gasteiger partial charge in [-0.1, -0.05) is 13.8 Å². The van der Waals surface area contributed by atoms with E-state index in [9.17, 15) is 0 Å². The highest BCUT2D eigenvalue weighted by molar-refractivity contribution is 5.20. The first-order valence-corrected chi connectivity index (χ1v) is 5.44. The molecule has 0 aliphatic rings. The lowest BCUT2D eigenvalue weighted by Gasteiger charge is -2.04. The van der Waals surface area contributed by atoms with E-state index in [2.05, 4.69) is 25.2 Å². The minimum atomic E-state index is 0.567. The number of ether oxygens (including phenoxy) is 1. The van der Waals surface area contributed by atoms with Crippen LogP contribution in [0.1, 0.15) is 30.9 Å². The molecule has 0 bridgehead atoms. The van der Waals surface area contributed by atoms with Crippen LogP contribution < -0.4 is 5.32 Å². The quantitative estimate of drug-likeness (QED) is 0.785. The molecule has 1 aromatic heterocycles. The number of furan rings is 1. The molecule has 0 spiro atoms. The minimum absolute atomic E-state index is 0.567. The Morgan fingerprint density at radius 3 is 2.80 bits per heavy atom. The Kier molecular flexibility index (Phi) is 4.85. The summed E-state index contributed by atoms with van der Waals surface area (Å²) in [7, 11) is 1.93. The zero-order valence-electron chi connectivity index (χ0n) is 10.1. The van der Waals surface area contributed by atoms with Gasteiger partial charge >= 0.3 is 0 Å². The summed E-state index contributed by atoms with van der Waals surface area (Å²) in [6.45, 7) is 8.46. The van der Waals surface area contributed by atoms with E-state index in [1.54, 1.807) is 0 Å². The van der Waals surface area contributed by atoms with Crippen LogP contribution in [0, 0.1) is 12.8 Å². The molecule has 1 rings (SSSR count). The fraction of sp³-hybridized carbons (Fsp3) is 0.667. The average molecular weight is 211 g/mol. The van der Waals surface area contributed by atoms with Crippen LogP contribution in [0.5, 0.6) is 0 Å². The predicted octanol–water partition coefficient (Wildman–Crippen LogP) is 2.48. The van der Waals surface area contributed by atoms with Crippen molar-refractivity contribution in [3.8, 4) is 0 Å². The molecule has 1 N–H and O–H groups in total. The van der Waals surface area contributed by atoms with Gasteiger partial charge in [0.2, 0.25) is 0 Å². The van der Waals surface area contributed by atoms with E-state index in [-0.39, 0.29) is 0 Å². The first-order chi connectivity index (χ1) is 7.13. The molecule has 0 aliphatic carbocycles. The van der Waals surface area contributed by atoms with E-state index in [0.29, 0.717) is 12.5 Å². The molecule has 0 saturated heterocycles. The van der Waals surface area contributed by atoms with Crippen molar-refractivity contribution in [2.75, 3.05) is 13.7 Å². The van der Waals surface area contributed by atoms with Crippen molar-refractivity contribution in [2.24, 2.45) is 5.92 Å². The smallest absolute Gasteiger partial charge is 0.130 e. The maximum Gasteiger partial charge on any atom is 0.130 e. The molecule has 3 heteroatoms. The van der Waals surface area contributed by atoms with Gasteiger partial charge in [-0.2, -0.15) is 0 Å². The monoisotopic (exact) mass is 211 g/mol. The highest BCUT2D eigenvalue weighted by Gasteiger charge is 2.06. The van der Waals surface area contributed by atoms with Gasteiger partial charge in [0, 0.05) is 18.7 Å². The van der Waals surface area contributed by atoms with E-state index >= 15 is 0 Å². The molecular formula is C12H21NO2. The van der Waals surface area contributed by atoms with Gasteiger partial charge in [0.1, 0.15) is 18.1 Å². The summed E-state index contributed by atoms with van der Waals surface area (Å²) in [5, 5.41) is 3.11. The third kappa shape index (κ3) is 4.06. The average Bonchev–Trinajstić information content (AvgIpc) is 2.47. The maximum atomic E-state index is 5.58. The van der Waals surface area contributed by atoms with Crippen LogP contribution in [0.3, 0.4) is 0 Å². The molecule has 86 valence electrons. The molecule has 0 fully saturated rings. The predicted molar refractivity (Wildman–Crippen MR) is 60.7 cm³/mol. The first kappa shape index (κ1) is 12.3. The van der Waals surface area contributed by atoms with Crippen molar-refractivity contribution in [1.29, 1.82) is 0 Å². The van der Waals surface area contributed by atoms with Crippen LogP contribution in [0.25, 0.3) is 0 Å². The summed E-state index contributed by atoms with van der Waals surface area (Å²) in [6.07, 6.45) is 0. The van der Waals surface area contributed by atoms with Crippen LogP contribution >= 0.6 is 0 Å². The lowest BCUT2D eigenvalue weighted by Crippen LogP contribution is -2.04. The van der Waals surface area contributed by atoms with Gasteiger partial charge in [0.15, 0.2) is 0 Å². The fourth-order valence-corrected chi connectivity index (χ4v) is 1.42. The van der Waals surface area contributed by atoms with Gasteiger partial charge < -0.3 is 14.5 Å². The molecule has 0 unspecified atom stereocenters. The molecule has 15 heavy (non-hydrogen) atoms. The zero-order chi connectivity index (χ0) is 11.3. The van der Waals surface area contributed by atoms with Crippen LogP contribution in [0.4, 0.5) is 0 Å². The van der Waals surface area contributed by atoms with Gasteiger partial charge in [-0.15, -0.1) is 0 Å². The van der Waals surface area contributed by atoms with Gasteiger partial charge in [-0.25, -0.2) is 0 Å². The van der Waals surface area contributed by atoms with E-state index in [1.807, 2.05) is 14.0 Å². The number of rotatable bonds is 6. The van der Waals surface area contributed by atoms with Crippen molar-refractivity contribution in [1.82, 2.24) is 5.32 Å². The Morgan fingerprint density at radius 2 is 2.20 bits per heavy atom. The van der Waals surface area contributed by atoms with E-state index < -0.39 is 0 Å². The molecule has 0 aromatic carbocycles. The SMILES string of the molecule is CNCc1cc(COCC(C)C)oc1C. The molecule has 1 heterocycles. The summed E-state index contributed by atoms with van der Waals surface area (Å²) in [5.41, 5.74) is 1.21. The van der Waals surface area contributed by atoms with Gasteiger partial charge in [0.05, 0.1) is 0 Å². The fourth-order valence-electron chi connectivity index (χ4n) is 1.42. The number of nitrogens with one attached hydrogen (secondary N) is 1. The van der Waals surface area contributed by atoms with Crippen molar-refractivity contribution < 1.29 is 9.15 Å². The van der Waals surface area contributed by atoms with Gasteiger partial charge in [0.25, 0.3) is 0 Å². The highest BCUT2D eigenvalue weighted by atomic mass is 16.5. The third-order valence-corrected chi connectivity index (χ3v) is 2.13. The third-order valence-electron chi connectivity index (χ3n) is 2.13. The Morgan fingerprint density at radius 1 is 1.47 bits per heavy atom. The lowest BCUT2D eigenvalue weighted by atomic mass is 10.2.